The van der Waals surface area contributed by atoms with Gasteiger partial charge in [0.15, 0.2) is 0 Å². The zero-order chi connectivity index (χ0) is 17.8. The summed E-state index contributed by atoms with van der Waals surface area (Å²) in [6.45, 7) is 5.83. The van der Waals surface area contributed by atoms with E-state index in [0.717, 1.165) is 63.4 Å². The molecule has 1 atom stereocenters. The van der Waals surface area contributed by atoms with E-state index in [-0.39, 0.29) is 11.8 Å². The number of aromatic nitrogens is 3. The summed E-state index contributed by atoms with van der Waals surface area (Å²) in [5.41, 5.74) is 1.15. The number of piperazine rings is 1. The third-order valence-corrected chi connectivity index (χ3v) is 5.31. The predicted octanol–water partition coefficient (Wildman–Crippen LogP) is 1.06. The first kappa shape index (κ1) is 17.0. The lowest BCUT2D eigenvalue weighted by atomic mass is 9.95. The number of rotatable bonds is 4. The Morgan fingerprint density at radius 1 is 1.15 bits per heavy atom. The van der Waals surface area contributed by atoms with E-state index in [1.54, 1.807) is 12.7 Å². The molecule has 1 fully saturated rings. The van der Waals surface area contributed by atoms with Gasteiger partial charge in [-0.25, -0.2) is 4.98 Å². The Bertz CT molecular complexity index is 725. The third kappa shape index (κ3) is 3.88. The minimum Gasteiger partial charge on any atom is -0.493 e. The maximum atomic E-state index is 13.0. The molecule has 0 aliphatic carbocycles. The molecule has 1 amide bonds. The molecule has 0 radical (unpaired) electrons. The molecule has 2 aliphatic rings. The van der Waals surface area contributed by atoms with Crippen LogP contribution in [0.15, 0.2) is 36.9 Å². The molecule has 7 heteroatoms. The Morgan fingerprint density at radius 3 is 2.81 bits per heavy atom. The summed E-state index contributed by atoms with van der Waals surface area (Å²) in [6.07, 6.45) is 4.87. The number of para-hydroxylation sites is 1. The smallest absolute Gasteiger partial charge is 0.226 e. The molecule has 0 bridgehead atoms. The Labute approximate surface area is 153 Å². The van der Waals surface area contributed by atoms with Crippen LogP contribution >= 0.6 is 0 Å². The highest BCUT2D eigenvalue weighted by Gasteiger charge is 2.29. The van der Waals surface area contributed by atoms with Gasteiger partial charge in [0.2, 0.25) is 5.91 Å². The van der Waals surface area contributed by atoms with Crippen molar-refractivity contribution in [1.29, 1.82) is 0 Å². The molecule has 0 saturated carbocycles. The van der Waals surface area contributed by atoms with E-state index in [1.165, 1.54) is 0 Å². The molecular weight excluding hydrogens is 330 g/mol. The standard InChI is InChI=1S/C19H25N5O2/c25-19(17-5-12-26-18-4-2-1-3-16(18)13-17)23-9-6-22(7-10-23)8-11-24-15-20-14-21-24/h1-4,14-15,17H,5-13H2/t17-/m1/s1. The van der Waals surface area contributed by atoms with E-state index >= 15 is 0 Å². The molecule has 0 spiro atoms. The number of carbonyl (C=O) groups is 1. The van der Waals surface area contributed by atoms with E-state index in [4.69, 9.17) is 4.74 Å². The van der Waals surface area contributed by atoms with Gasteiger partial charge in [0.25, 0.3) is 0 Å². The number of hydrogen-bond donors (Lipinski definition) is 0. The number of nitrogens with zero attached hydrogens (tertiary/aromatic N) is 5. The molecule has 2 aromatic rings. The van der Waals surface area contributed by atoms with Crippen molar-refractivity contribution >= 4 is 5.91 Å². The first-order valence-corrected chi connectivity index (χ1v) is 9.34. The highest BCUT2D eigenvalue weighted by Crippen LogP contribution is 2.27. The second-order valence-corrected chi connectivity index (χ2v) is 6.97. The molecule has 3 heterocycles. The summed E-state index contributed by atoms with van der Waals surface area (Å²) >= 11 is 0. The van der Waals surface area contributed by atoms with E-state index in [0.29, 0.717) is 6.61 Å². The topological polar surface area (TPSA) is 63.5 Å². The van der Waals surface area contributed by atoms with Crippen LogP contribution in [0.5, 0.6) is 5.75 Å². The van der Waals surface area contributed by atoms with Gasteiger partial charge in [-0.1, -0.05) is 18.2 Å². The molecule has 4 rings (SSSR count). The van der Waals surface area contributed by atoms with E-state index in [9.17, 15) is 4.79 Å². The van der Waals surface area contributed by atoms with Gasteiger partial charge in [0.05, 0.1) is 13.2 Å². The zero-order valence-corrected chi connectivity index (χ0v) is 15.0. The second kappa shape index (κ2) is 7.86. The largest absolute Gasteiger partial charge is 0.493 e. The van der Waals surface area contributed by atoms with Gasteiger partial charge in [0, 0.05) is 38.6 Å². The number of hydrogen-bond acceptors (Lipinski definition) is 5. The average molecular weight is 355 g/mol. The average Bonchev–Trinajstić information content (AvgIpc) is 3.11. The van der Waals surface area contributed by atoms with Crippen LogP contribution in [-0.2, 0) is 17.8 Å². The van der Waals surface area contributed by atoms with Crippen molar-refractivity contribution in [2.75, 3.05) is 39.3 Å². The van der Waals surface area contributed by atoms with Crippen LogP contribution < -0.4 is 4.74 Å². The molecule has 138 valence electrons. The number of amides is 1. The van der Waals surface area contributed by atoms with Crippen molar-refractivity contribution in [3.8, 4) is 5.75 Å². The van der Waals surface area contributed by atoms with Crippen LogP contribution in [0.1, 0.15) is 12.0 Å². The molecule has 1 aromatic carbocycles. The van der Waals surface area contributed by atoms with Gasteiger partial charge >= 0.3 is 0 Å². The number of carbonyl (C=O) groups excluding carboxylic acids is 1. The third-order valence-electron chi connectivity index (χ3n) is 5.31. The summed E-state index contributed by atoms with van der Waals surface area (Å²) in [5.74, 6) is 1.24. The quantitative estimate of drug-likeness (QED) is 0.821. The molecule has 7 nitrogen and oxygen atoms in total. The fraction of sp³-hybridized carbons (Fsp3) is 0.526. The summed E-state index contributed by atoms with van der Waals surface area (Å²) in [5, 5.41) is 4.13. The van der Waals surface area contributed by atoms with E-state index in [2.05, 4.69) is 21.0 Å². The summed E-state index contributed by atoms with van der Waals surface area (Å²) in [4.78, 5) is 21.4. The van der Waals surface area contributed by atoms with Crippen molar-refractivity contribution in [2.45, 2.75) is 19.4 Å². The lowest BCUT2D eigenvalue weighted by Gasteiger charge is -2.36. The maximum absolute atomic E-state index is 13.0. The Hall–Kier alpha value is -2.41. The van der Waals surface area contributed by atoms with Crippen LogP contribution in [0.25, 0.3) is 0 Å². The minimum atomic E-state index is 0.0281. The Balaban J connectivity index is 1.29. The van der Waals surface area contributed by atoms with Crippen LogP contribution in [0.4, 0.5) is 0 Å². The number of benzene rings is 1. The first-order chi connectivity index (χ1) is 12.8. The lowest BCUT2D eigenvalue weighted by molar-refractivity contribution is -0.137. The molecule has 0 N–H and O–H groups in total. The first-order valence-electron chi connectivity index (χ1n) is 9.34. The van der Waals surface area contributed by atoms with Crippen molar-refractivity contribution in [2.24, 2.45) is 5.92 Å². The maximum Gasteiger partial charge on any atom is 0.226 e. The highest BCUT2D eigenvalue weighted by molar-refractivity contribution is 5.79. The van der Waals surface area contributed by atoms with Gasteiger partial charge in [-0.05, 0) is 24.5 Å². The fourth-order valence-corrected chi connectivity index (χ4v) is 3.74. The van der Waals surface area contributed by atoms with Crippen molar-refractivity contribution in [1.82, 2.24) is 24.6 Å². The molecule has 1 aromatic heterocycles. The molecule has 26 heavy (non-hydrogen) atoms. The highest BCUT2D eigenvalue weighted by atomic mass is 16.5. The normalized spacial score (nSPS) is 20.9. The number of ether oxygens (including phenoxy) is 1. The van der Waals surface area contributed by atoms with Crippen LogP contribution in [0, 0.1) is 5.92 Å². The summed E-state index contributed by atoms with van der Waals surface area (Å²) < 4.78 is 7.66. The Kier molecular flexibility index (Phi) is 5.15. The van der Waals surface area contributed by atoms with Crippen LogP contribution in [0.3, 0.4) is 0 Å². The SMILES string of the molecule is O=C([C@@H]1CCOc2ccccc2C1)N1CCN(CCn2cncn2)CC1. The summed E-state index contributed by atoms with van der Waals surface area (Å²) in [6, 6.07) is 8.07. The fourth-order valence-electron chi connectivity index (χ4n) is 3.74. The van der Waals surface area contributed by atoms with E-state index < -0.39 is 0 Å². The van der Waals surface area contributed by atoms with Crippen LogP contribution in [0.2, 0.25) is 0 Å². The predicted molar refractivity (Wildman–Crippen MR) is 96.8 cm³/mol. The monoisotopic (exact) mass is 355 g/mol. The molecular formula is C19H25N5O2. The van der Waals surface area contributed by atoms with Gasteiger partial charge in [-0.3, -0.25) is 14.4 Å². The molecule has 0 unspecified atom stereocenters. The van der Waals surface area contributed by atoms with Crippen LogP contribution in [-0.4, -0.2) is 69.8 Å². The zero-order valence-electron chi connectivity index (χ0n) is 15.0. The van der Waals surface area contributed by atoms with Gasteiger partial charge in [-0.15, -0.1) is 0 Å². The van der Waals surface area contributed by atoms with Gasteiger partial charge < -0.3 is 9.64 Å². The molecule has 1 saturated heterocycles. The summed E-state index contributed by atoms with van der Waals surface area (Å²) in [7, 11) is 0. The van der Waals surface area contributed by atoms with Gasteiger partial charge in [0.1, 0.15) is 18.4 Å². The second-order valence-electron chi connectivity index (χ2n) is 6.97. The molecule has 2 aliphatic heterocycles. The van der Waals surface area contributed by atoms with Crippen molar-refractivity contribution < 1.29 is 9.53 Å². The lowest BCUT2D eigenvalue weighted by Crippen LogP contribution is -2.51. The minimum absolute atomic E-state index is 0.0281. The van der Waals surface area contributed by atoms with Crippen molar-refractivity contribution in [3.63, 3.8) is 0 Å². The number of fused-ring (bicyclic) bond motifs is 1. The van der Waals surface area contributed by atoms with E-state index in [1.807, 2.05) is 27.8 Å². The van der Waals surface area contributed by atoms with Crippen molar-refractivity contribution in [3.05, 3.63) is 42.5 Å². The van der Waals surface area contributed by atoms with Gasteiger partial charge in [-0.2, -0.15) is 5.10 Å². The Morgan fingerprint density at radius 2 is 2.00 bits per heavy atom.